The molecule has 0 saturated carbocycles. The van der Waals surface area contributed by atoms with Crippen LogP contribution in [0.1, 0.15) is 26.5 Å². The van der Waals surface area contributed by atoms with E-state index < -0.39 is 0 Å². The maximum absolute atomic E-state index is 13.7. The van der Waals surface area contributed by atoms with E-state index in [0.717, 1.165) is 43.7 Å². The molecule has 0 aliphatic carbocycles. The van der Waals surface area contributed by atoms with Gasteiger partial charge in [0.25, 0.3) is 5.91 Å². The Morgan fingerprint density at radius 2 is 1.50 bits per heavy atom. The van der Waals surface area contributed by atoms with E-state index in [1.54, 1.807) is 7.11 Å². The van der Waals surface area contributed by atoms with Gasteiger partial charge in [0, 0.05) is 30.5 Å². The van der Waals surface area contributed by atoms with Crippen LogP contribution in [0.4, 0.5) is 0 Å². The molecule has 0 N–H and O–H groups in total. The Morgan fingerprint density at radius 3 is 2.03 bits per heavy atom. The molecule has 0 atom stereocenters. The van der Waals surface area contributed by atoms with Gasteiger partial charge in [-0.1, -0.05) is 72.0 Å². The van der Waals surface area contributed by atoms with Crippen molar-refractivity contribution < 1.29 is 9.53 Å². The van der Waals surface area contributed by atoms with Crippen LogP contribution in [-0.4, -0.2) is 27.3 Å². The van der Waals surface area contributed by atoms with Crippen LogP contribution in [0.15, 0.2) is 91.1 Å². The summed E-state index contributed by atoms with van der Waals surface area (Å²) in [6.45, 7) is 3.08. The van der Waals surface area contributed by atoms with Gasteiger partial charge in [-0.2, -0.15) is 0 Å². The average Bonchev–Trinajstić information content (AvgIpc) is 3.44. The molecule has 5 aromatic rings. The van der Waals surface area contributed by atoms with Gasteiger partial charge in [0.05, 0.1) is 12.8 Å². The normalized spacial score (nSPS) is 11.0. The highest BCUT2D eigenvalue weighted by atomic mass is 32.1. The van der Waals surface area contributed by atoms with E-state index in [9.17, 15) is 4.79 Å². The van der Waals surface area contributed by atoms with E-state index in [2.05, 4.69) is 24.3 Å². The minimum atomic E-state index is 0.0201. The number of imidazole rings is 1. The molecule has 34 heavy (non-hydrogen) atoms. The number of benzene rings is 3. The maximum atomic E-state index is 13.7. The molecule has 3 aromatic carbocycles. The second kappa shape index (κ2) is 9.53. The summed E-state index contributed by atoms with van der Waals surface area (Å²) in [7, 11) is 1.66. The van der Waals surface area contributed by atoms with Crippen molar-refractivity contribution in [3.05, 3.63) is 113 Å². The van der Waals surface area contributed by atoms with Gasteiger partial charge in [-0.05, 0) is 42.3 Å². The van der Waals surface area contributed by atoms with Crippen molar-refractivity contribution in [1.82, 2.24) is 14.3 Å². The summed E-state index contributed by atoms with van der Waals surface area (Å²) in [5.41, 5.74) is 5.00. The number of amides is 1. The lowest BCUT2D eigenvalue weighted by Gasteiger charge is -2.23. The molecule has 0 bridgehead atoms. The highest BCUT2D eigenvalue weighted by molar-refractivity contribution is 7.19. The molecule has 2 heterocycles. The van der Waals surface area contributed by atoms with Crippen molar-refractivity contribution in [2.45, 2.75) is 20.0 Å². The third-order valence-corrected chi connectivity index (χ3v) is 7.00. The largest absolute Gasteiger partial charge is 0.497 e. The second-order valence-corrected chi connectivity index (χ2v) is 9.13. The number of carbonyl (C=O) groups excluding carboxylic acids is 1. The molecular formula is C28H25N3O2S. The van der Waals surface area contributed by atoms with Gasteiger partial charge in [0.2, 0.25) is 0 Å². The lowest BCUT2D eigenvalue weighted by molar-refractivity contribution is 0.0734. The standard InChI is InChI=1S/C28H25N3O2S/c1-20-26(34-28-29-25(19-31(20)28)23-13-15-24(33-2)16-14-23)27(32)30(17-21-9-5-3-6-10-21)18-22-11-7-4-8-12-22/h3-16,19H,17-18H2,1-2H3. The number of rotatable bonds is 7. The van der Waals surface area contributed by atoms with Crippen molar-refractivity contribution in [1.29, 1.82) is 0 Å². The Bertz CT molecular complexity index is 1370. The molecule has 0 fully saturated rings. The molecular weight excluding hydrogens is 442 g/mol. The van der Waals surface area contributed by atoms with Gasteiger partial charge in [-0.3, -0.25) is 9.20 Å². The molecule has 170 valence electrons. The predicted molar refractivity (Wildman–Crippen MR) is 136 cm³/mol. The zero-order valence-electron chi connectivity index (χ0n) is 19.1. The van der Waals surface area contributed by atoms with Gasteiger partial charge in [-0.25, -0.2) is 4.98 Å². The number of fused-ring (bicyclic) bond motifs is 1. The molecule has 0 saturated heterocycles. The minimum absolute atomic E-state index is 0.0201. The highest BCUT2D eigenvalue weighted by Gasteiger charge is 2.23. The van der Waals surface area contributed by atoms with Crippen molar-refractivity contribution in [3.63, 3.8) is 0 Å². The fourth-order valence-corrected chi connectivity index (χ4v) is 5.08. The first-order valence-corrected chi connectivity index (χ1v) is 11.9. The van der Waals surface area contributed by atoms with Crippen LogP contribution in [0.25, 0.3) is 16.2 Å². The van der Waals surface area contributed by atoms with E-state index >= 15 is 0 Å². The Balaban J connectivity index is 1.46. The van der Waals surface area contributed by atoms with Gasteiger partial charge in [-0.15, -0.1) is 0 Å². The number of hydrogen-bond acceptors (Lipinski definition) is 4. The number of aromatic nitrogens is 2. The van der Waals surface area contributed by atoms with E-state index in [0.29, 0.717) is 13.1 Å². The molecule has 5 rings (SSSR count). The second-order valence-electron chi connectivity index (χ2n) is 8.16. The van der Waals surface area contributed by atoms with Gasteiger partial charge < -0.3 is 9.64 Å². The number of aryl methyl sites for hydroxylation is 1. The van der Waals surface area contributed by atoms with Crippen LogP contribution in [0.5, 0.6) is 5.75 Å². The summed E-state index contributed by atoms with van der Waals surface area (Å²) in [4.78, 5) is 22.0. The quantitative estimate of drug-likeness (QED) is 0.285. The molecule has 2 aromatic heterocycles. The maximum Gasteiger partial charge on any atom is 0.266 e. The van der Waals surface area contributed by atoms with E-state index in [1.807, 2.05) is 83.1 Å². The number of ether oxygens (including phenoxy) is 1. The summed E-state index contributed by atoms with van der Waals surface area (Å²) in [6.07, 6.45) is 2.00. The van der Waals surface area contributed by atoms with Crippen LogP contribution < -0.4 is 4.74 Å². The number of thiazole rings is 1. The first-order chi connectivity index (χ1) is 16.6. The zero-order valence-corrected chi connectivity index (χ0v) is 20.0. The van der Waals surface area contributed by atoms with E-state index in [1.165, 1.54) is 11.3 Å². The lowest BCUT2D eigenvalue weighted by atomic mass is 10.1. The topological polar surface area (TPSA) is 46.8 Å². The van der Waals surface area contributed by atoms with Crippen LogP contribution >= 0.6 is 11.3 Å². The predicted octanol–water partition coefficient (Wildman–Crippen LogP) is 6.22. The Labute approximate surface area is 202 Å². The summed E-state index contributed by atoms with van der Waals surface area (Å²) in [5.74, 6) is 0.831. The molecule has 0 aliphatic rings. The lowest BCUT2D eigenvalue weighted by Crippen LogP contribution is -2.30. The molecule has 0 unspecified atom stereocenters. The molecule has 0 spiro atoms. The zero-order chi connectivity index (χ0) is 23.5. The SMILES string of the molecule is COc1ccc(-c2cn3c(C)c(C(=O)N(Cc4ccccc4)Cc4ccccc4)sc3n2)cc1. The van der Waals surface area contributed by atoms with Crippen molar-refractivity contribution in [3.8, 4) is 17.0 Å². The van der Waals surface area contributed by atoms with Gasteiger partial charge in [0.1, 0.15) is 10.6 Å². The third-order valence-electron chi connectivity index (χ3n) is 5.86. The van der Waals surface area contributed by atoms with Crippen LogP contribution in [0.2, 0.25) is 0 Å². The Hall–Kier alpha value is -3.90. The molecule has 1 amide bonds. The minimum Gasteiger partial charge on any atom is -0.497 e. The molecule has 0 aliphatic heterocycles. The van der Waals surface area contributed by atoms with Crippen LogP contribution in [0, 0.1) is 6.92 Å². The molecule has 6 heteroatoms. The number of methoxy groups -OCH3 is 1. The molecule has 0 radical (unpaired) electrons. The van der Waals surface area contributed by atoms with Crippen LogP contribution in [-0.2, 0) is 13.1 Å². The third kappa shape index (κ3) is 4.45. The van der Waals surface area contributed by atoms with E-state index in [4.69, 9.17) is 9.72 Å². The van der Waals surface area contributed by atoms with Crippen molar-refractivity contribution in [2.24, 2.45) is 0 Å². The average molecular weight is 468 g/mol. The van der Waals surface area contributed by atoms with Crippen molar-refractivity contribution >= 4 is 22.2 Å². The monoisotopic (exact) mass is 467 g/mol. The number of carbonyl (C=O) groups is 1. The Kier molecular flexibility index (Phi) is 6.14. The molecule has 5 nitrogen and oxygen atoms in total. The van der Waals surface area contributed by atoms with Gasteiger partial charge in [0.15, 0.2) is 4.96 Å². The fourth-order valence-electron chi connectivity index (χ4n) is 4.00. The van der Waals surface area contributed by atoms with Crippen molar-refractivity contribution in [2.75, 3.05) is 7.11 Å². The number of hydrogen-bond donors (Lipinski definition) is 0. The fraction of sp³-hybridized carbons (Fsp3) is 0.143. The van der Waals surface area contributed by atoms with Crippen LogP contribution in [0.3, 0.4) is 0 Å². The van der Waals surface area contributed by atoms with Gasteiger partial charge >= 0.3 is 0 Å². The smallest absolute Gasteiger partial charge is 0.266 e. The Morgan fingerprint density at radius 1 is 0.912 bits per heavy atom. The summed E-state index contributed by atoms with van der Waals surface area (Å²) in [5, 5.41) is 0. The van der Waals surface area contributed by atoms with E-state index in [-0.39, 0.29) is 5.91 Å². The first kappa shape index (κ1) is 21.9. The first-order valence-electron chi connectivity index (χ1n) is 11.1. The number of nitrogens with zero attached hydrogens (tertiary/aromatic N) is 3. The summed E-state index contributed by atoms with van der Waals surface area (Å²) >= 11 is 1.44. The summed E-state index contributed by atoms with van der Waals surface area (Å²) in [6, 6.07) is 28.1. The summed E-state index contributed by atoms with van der Waals surface area (Å²) < 4.78 is 7.27. The highest BCUT2D eigenvalue weighted by Crippen LogP contribution is 2.29.